The molecule has 0 amide bonds. The molecule has 0 spiro atoms. The molecule has 0 bridgehead atoms. The Balaban J connectivity index is 2.29. The summed E-state index contributed by atoms with van der Waals surface area (Å²) in [4.78, 5) is 11.5. The summed E-state index contributed by atoms with van der Waals surface area (Å²) in [7, 11) is 0. The number of halogens is 2. The normalized spacial score (nSPS) is 13.8. The Bertz CT molecular complexity index is 562. The van der Waals surface area contributed by atoms with Crippen molar-refractivity contribution in [3.05, 3.63) is 70.5 Å². The van der Waals surface area contributed by atoms with Gasteiger partial charge < -0.3 is 4.79 Å². The maximum Gasteiger partial charge on any atom is 0.130 e. The Morgan fingerprint density at radius 3 is 2.21 bits per heavy atom. The number of carbonyl (C=O) groups is 1. The van der Waals surface area contributed by atoms with E-state index in [4.69, 9.17) is 11.6 Å². The summed E-state index contributed by atoms with van der Waals surface area (Å²) in [5.41, 5.74) is 1.18. The molecule has 0 heterocycles. The zero-order valence-corrected chi connectivity index (χ0v) is 11.3. The molecule has 0 aromatic heterocycles. The summed E-state index contributed by atoms with van der Waals surface area (Å²) >= 11 is 5.85. The lowest BCUT2D eigenvalue weighted by Crippen LogP contribution is -2.26. The van der Waals surface area contributed by atoms with Crippen LogP contribution in [0.15, 0.2) is 48.5 Å². The van der Waals surface area contributed by atoms with E-state index < -0.39 is 5.41 Å². The first kappa shape index (κ1) is 13.8. The molecule has 1 unspecified atom stereocenters. The fourth-order valence-electron chi connectivity index (χ4n) is 2.07. The maximum absolute atomic E-state index is 12.9. The van der Waals surface area contributed by atoms with E-state index in [9.17, 15) is 9.18 Å². The number of hydrogen-bond acceptors (Lipinski definition) is 1. The third kappa shape index (κ3) is 3.21. The van der Waals surface area contributed by atoms with Crippen molar-refractivity contribution >= 4 is 17.9 Å². The van der Waals surface area contributed by atoms with Crippen molar-refractivity contribution in [2.24, 2.45) is 0 Å². The van der Waals surface area contributed by atoms with Crippen LogP contribution in [0.1, 0.15) is 18.1 Å². The second-order valence-corrected chi connectivity index (χ2v) is 5.28. The van der Waals surface area contributed by atoms with E-state index in [-0.39, 0.29) is 5.82 Å². The van der Waals surface area contributed by atoms with Gasteiger partial charge in [0, 0.05) is 5.02 Å². The molecule has 0 aliphatic heterocycles. The van der Waals surface area contributed by atoms with Gasteiger partial charge in [0.25, 0.3) is 0 Å². The van der Waals surface area contributed by atoms with Crippen molar-refractivity contribution in [2.45, 2.75) is 18.8 Å². The summed E-state index contributed by atoms with van der Waals surface area (Å²) in [6, 6.07) is 13.4. The first-order valence-electron chi connectivity index (χ1n) is 6.00. The zero-order valence-electron chi connectivity index (χ0n) is 10.6. The van der Waals surface area contributed by atoms with Crippen LogP contribution >= 0.6 is 11.6 Å². The van der Waals surface area contributed by atoms with Crippen LogP contribution in [0.2, 0.25) is 5.02 Å². The lowest BCUT2D eigenvalue weighted by atomic mass is 9.79. The monoisotopic (exact) mass is 276 g/mol. The molecule has 1 nitrogen and oxygen atoms in total. The van der Waals surface area contributed by atoms with Crippen LogP contribution in [0.4, 0.5) is 4.39 Å². The molecule has 0 saturated carbocycles. The molecule has 19 heavy (non-hydrogen) atoms. The average molecular weight is 277 g/mol. The molecule has 0 N–H and O–H groups in total. The van der Waals surface area contributed by atoms with Gasteiger partial charge in [-0.1, -0.05) is 35.9 Å². The van der Waals surface area contributed by atoms with E-state index in [1.165, 1.54) is 12.1 Å². The number of rotatable bonds is 4. The summed E-state index contributed by atoms with van der Waals surface area (Å²) in [6.45, 7) is 1.87. The third-order valence-electron chi connectivity index (χ3n) is 3.25. The number of carbonyl (C=O) groups excluding carboxylic acids is 1. The molecule has 3 heteroatoms. The predicted molar refractivity (Wildman–Crippen MR) is 75.0 cm³/mol. The molecule has 0 saturated heterocycles. The highest BCUT2D eigenvalue weighted by Crippen LogP contribution is 2.27. The van der Waals surface area contributed by atoms with Crippen LogP contribution < -0.4 is 0 Å². The van der Waals surface area contributed by atoms with Gasteiger partial charge in [0.2, 0.25) is 0 Å². The van der Waals surface area contributed by atoms with Gasteiger partial charge >= 0.3 is 0 Å². The van der Waals surface area contributed by atoms with E-state index in [1.54, 1.807) is 24.3 Å². The molecular formula is C16H14ClFO. The Kier molecular flexibility index (Phi) is 4.01. The highest BCUT2D eigenvalue weighted by molar-refractivity contribution is 6.30. The van der Waals surface area contributed by atoms with Crippen molar-refractivity contribution in [3.8, 4) is 0 Å². The third-order valence-corrected chi connectivity index (χ3v) is 3.50. The minimum absolute atomic E-state index is 0.275. The SMILES string of the molecule is CC(C=O)(Cc1ccc(F)cc1)c1ccc(Cl)cc1. The second-order valence-electron chi connectivity index (χ2n) is 4.85. The van der Waals surface area contributed by atoms with Gasteiger partial charge in [-0.15, -0.1) is 0 Å². The van der Waals surface area contributed by atoms with Crippen molar-refractivity contribution in [1.82, 2.24) is 0 Å². The van der Waals surface area contributed by atoms with Crippen LogP contribution in [-0.2, 0) is 16.6 Å². The molecule has 2 aromatic rings. The molecular weight excluding hydrogens is 263 g/mol. The smallest absolute Gasteiger partial charge is 0.130 e. The van der Waals surface area contributed by atoms with Gasteiger partial charge in [0.1, 0.15) is 12.1 Å². The van der Waals surface area contributed by atoms with Crippen LogP contribution in [0, 0.1) is 5.82 Å². The van der Waals surface area contributed by atoms with E-state index in [0.29, 0.717) is 11.4 Å². The molecule has 1 atom stereocenters. The van der Waals surface area contributed by atoms with Gasteiger partial charge in [-0.3, -0.25) is 0 Å². The molecule has 0 aliphatic carbocycles. The number of benzene rings is 2. The highest BCUT2D eigenvalue weighted by atomic mass is 35.5. The largest absolute Gasteiger partial charge is 0.302 e. The van der Waals surface area contributed by atoms with Gasteiger partial charge in [-0.25, -0.2) is 4.39 Å². The van der Waals surface area contributed by atoms with E-state index in [0.717, 1.165) is 17.4 Å². The fraction of sp³-hybridized carbons (Fsp3) is 0.188. The second kappa shape index (κ2) is 5.54. The van der Waals surface area contributed by atoms with E-state index in [2.05, 4.69) is 0 Å². The van der Waals surface area contributed by atoms with Gasteiger partial charge in [0.05, 0.1) is 5.41 Å². The average Bonchev–Trinajstić information content (AvgIpc) is 2.42. The molecule has 98 valence electrons. The summed E-state index contributed by atoms with van der Waals surface area (Å²) < 4.78 is 12.9. The van der Waals surface area contributed by atoms with Gasteiger partial charge in [-0.05, 0) is 48.7 Å². The van der Waals surface area contributed by atoms with Gasteiger partial charge in [0.15, 0.2) is 0 Å². The Labute approximate surface area is 117 Å². The lowest BCUT2D eigenvalue weighted by Gasteiger charge is -2.24. The van der Waals surface area contributed by atoms with Crippen LogP contribution in [0.3, 0.4) is 0 Å². The standard InChI is InChI=1S/C16H14ClFO/c1-16(11-19,13-4-6-14(17)7-5-13)10-12-2-8-15(18)9-3-12/h2-9,11H,10H2,1H3. The lowest BCUT2D eigenvalue weighted by molar-refractivity contribution is -0.112. The summed E-state index contributed by atoms with van der Waals surface area (Å²) in [6.07, 6.45) is 1.46. The van der Waals surface area contributed by atoms with E-state index >= 15 is 0 Å². The number of aldehydes is 1. The minimum atomic E-state index is -0.636. The van der Waals surface area contributed by atoms with Crippen LogP contribution in [-0.4, -0.2) is 6.29 Å². The van der Waals surface area contributed by atoms with Crippen LogP contribution in [0.25, 0.3) is 0 Å². The predicted octanol–water partition coefficient (Wildman–Crippen LogP) is 4.18. The van der Waals surface area contributed by atoms with E-state index in [1.807, 2.05) is 19.1 Å². The molecule has 2 aromatic carbocycles. The Hall–Kier alpha value is -1.67. The van der Waals surface area contributed by atoms with Crippen molar-refractivity contribution < 1.29 is 9.18 Å². The Morgan fingerprint density at radius 1 is 1.11 bits per heavy atom. The minimum Gasteiger partial charge on any atom is -0.302 e. The van der Waals surface area contributed by atoms with Crippen molar-refractivity contribution in [2.75, 3.05) is 0 Å². The fourth-order valence-corrected chi connectivity index (χ4v) is 2.19. The summed E-state index contributed by atoms with van der Waals surface area (Å²) in [5.74, 6) is -0.275. The molecule has 2 rings (SSSR count). The van der Waals surface area contributed by atoms with Crippen LogP contribution in [0.5, 0.6) is 0 Å². The van der Waals surface area contributed by atoms with Crippen molar-refractivity contribution in [3.63, 3.8) is 0 Å². The molecule has 0 radical (unpaired) electrons. The highest BCUT2D eigenvalue weighted by Gasteiger charge is 2.26. The topological polar surface area (TPSA) is 17.1 Å². The van der Waals surface area contributed by atoms with Crippen molar-refractivity contribution in [1.29, 1.82) is 0 Å². The molecule has 0 fully saturated rings. The first-order valence-corrected chi connectivity index (χ1v) is 6.38. The summed E-state index contributed by atoms with van der Waals surface area (Å²) in [5, 5.41) is 0.638. The van der Waals surface area contributed by atoms with Gasteiger partial charge in [-0.2, -0.15) is 0 Å². The molecule has 0 aliphatic rings. The first-order chi connectivity index (χ1) is 9.03. The maximum atomic E-state index is 12.9. The Morgan fingerprint density at radius 2 is 1.68 bits per heavy atom. The number of hydrogen-bond donors (Lipinski definition) is 0. The quantitative estimate of drug-likeness (QED) is 0.766. The zero-order chi connectivity index (χ0) is 13.9.